The number of carbonyl (C=O) groups is 1. The van der Waals surface area contributed by atoms with Crippen molar-refractivity contribution in [2.45, 2.75) is 91.9 Å². The fraction of sp³-hybridized carbons (Fsp3) is 0.800. The second-order valence-electron chi connectivity index (χ2n) is 10.2. The Labute approximate surface area is 160 Å². The number of Topliss-reactive ketones (excluding diaryl/α,β-unsaturated/α-hetero) is 1. The van der Waals surface area contributed by atoms with E-state index in [0.29, 0.717) is 17.1 Å². The van der Waals surface area contributed by atoms with E-state index in [1.54, 1.807) is 5.57 Å². The van der Waals surface area contributed by atoms with E-state index in [1.165, 1.54) is 50.5 Å². The minimum atomic E-state index is 0.289. The summed E-state index contributed by atoms with van der Waals surface area (Å²) in [5.74, 6) is 3.34. The van der Waals surface area contributed by atoms with Gasteiger partial charge in [-0.1, -0.05) is 44.1 Å². The molecule has 0 spiro atoms. The average Bonchev–Trinajstić information content (AvgIpc) is 2.76. The average molecular weight is 355 g/mol. The van der Waals surface area contributed by atoms with Crippen molar-refractivity contribution in [1.82, 2.24) is 0 Å². The van der Waals surface area contributed by atoms with E-state index in [0.717, 1.165) is 37.0 Å². The van der Waals surface area contributed by atoms with Crippen LogP contribution < -0.4 is 0 Å². The third kappa shape index (κ3) is 2.60. The van der Waals surface area contributed by atoms with E-state index in [1.807, 2.05) is 0 Å². The van der Waals surface area contributed by atoms with Crippen LogP contribution in [0.1, 0.15) is 91.9 Å². The highest BCUT2D eigenvalue weighted by atomic mass is 16.1. The van der Waals surface area contributed by atoms with Gasteiger partial charge >= 0.3 is 0 Å². The van der Waals surface area contributed by atoms with E-state index < -0.39 is 0 Å². The molecule has 0 aromatic carbocycles. The molecule has 3 fully saturated rings. The van der Waals surface area contributed by atoms with Crippen molar-refractivity contribution in [2.75, 3.05) is 0 Å². The molecule has 6 atom stereocenters. The molecule has 1 unspecified atom stereocenters. The molecule has 1 nitrogen and oxygen atoms in total. The van der Waals surface area contributed by atoms with Crippen LogP contribution in [0.3, 0.4) is 0 Å². The van der Waals surface area contributed by atoms with Gasteiger partial charge in [0, 0.05) is 12.3 Å². The van der Waals surface area contributed by atoms with E-state index in [9.17, 15) is 4.79 Å². The first kappa shape index (κ1) is 18.5. The molecule has 0 saturated heterocycles. The molecule has 0 aromatic rings. The minimum absolute atomic E-state index is 0.289. The zero-order valence-corrected chi connectivity index (χ0v) is 17.4. The first-order valence-corrected chi connectivity index (χ1v) is 11.3. The van der Waals surface area contributed by atoms with Crippen LogP contribution in [0, 0.1) is 34.5 Å². The van der Waals surface area contributed by atoms with Crippen LogP contribution in [0.5, 0.6) is 0 Å². The Morgan fingerprint density at radius 3 is 2.58 bits per heavy atom. The van der Waals surface area contributed by atoms with E-state index in [-0.39, 0.29) is 5.41 Å². The lowest BCUT2D eigenvalue weighted by atomic mass is 9.45. The summed E-state index contributed by atoms with van der Waals surface area (Å²) in [4.78, 5) is 12.7. The molecule has 0 aliphatic heterocycles. The van der Waals surface area contributed by atoms with Crippen LogP contribution in [0.4, 0.5) is 0 Å². The van der Waals surface area contributed by atoms with Crippen LogP contribution in [0.15, 0.2) is 23.3 Å². The summed E-state index contributed by atoms with van der Waals surface area (Å²) in [6.45, 7) is 9.57. The number of fused-ring (bicyclic) bond motifs is 5. The zero-order valence-electron chi connectivity index (χ0n) is 17.4. The maximum absolute atomic E-state index is 12.7. The highest BCUT2D eigenvalue weighted by molar-refractivity contribution is 5.84. The number of rotatable bonds is 1. The number of carbonyl (C=O) groups excluding carboxylic acids is 1. The van der Waals surface area contributed by atoms with Gasteiger partial charge in [0.05, 0.1) is 0 Å². The molecule has 4 aliphatic rings. The zero-order chi connectivity index (χ0) is 18.5. The van der Waals surface area contributed by atoms with Gasteiger partial charge in [0.2, 0.25) is 0 Å². The Morgan fingerprint density at radius 1 is 1.12 bits per heavy atom. The lowest BCUT2D eigenvalue weighted by molar-refractivity contribution is -0.122. The van der Waals surface area contributed by atoms with Gasteiger partial charge in [-0.3, -0.25) is 4.79 Å². The summed E-state index contributed by atoms with van der Waals surface area (Å²) >= 11 is 0. The Kier molecular flexibility index (Phi) is 4.73. The smallest absolute Gasteiger partial charge is 0.140 e. The number of allylic oxidation sites excluding steroid dienone is 4. The first-order chi connectivity index (χ1) is 12.4. The van der Waals surface area contributed by atoms with Crippen molar-refractivity contribution in [3.8, 4) is 0 Å². The van der Waals surface area contributed by atoms with Gasteiger partial charge in [0.1, 0.15) is 5.78 Å². The van der Waals surface area contributed by atoms with E-state index in [4.69, 9.17) is 0 Å². The summed E-state index contributed by atoms with van der Waals surface area (Å²) in [6.07, 6.45) is 17.2. The quantitative estimate of drug-likeness (QED) is 0.469. The Morgan fingerprint density at radius 2 is 1.85 bits per heavy atom. The summed E-state index contributed by atoms with van der Waals surface area (Å²) in [5, 5.41) is 0. The third-order valence-corrected chi connectivity index (χ3v) is 9.38. The fourth-order valence-electron chi connectivity index (χ4n) is 7.70. The van der Waals surface area contributed by atoms with Gasteiger partial charge in [-0.05, 0) is 93.3 Å². The monoisotopic (exact) mass is 354 g/mol. The Balaban J connectivity index is 1.68. The number of hydrogen-bond donors (Lipinski definition) is 0. The second-order valence-corrected chi connectivity index (χ2v) is 10.2. The first-order valence-electron chi connectivity index (χ1n) is 11.3. The molecular formula is C25H38O. The van der Waals surface area contributed by atoms with Crippen LogP contribution >= 0.6 is 0 Å². The molecule has 0 bridgehead atoms. The number of hydrogen-bond acceptors (Lipinski definition) is 1. The lowest BCUT2D eigenvalue weighted by Gasteiger charge is -2.59. The molecule has 0 aromatic heterocycles. The fourth-order valence-corrected chi connectivity index (χ4v) is 7.70. The molecule has 3 saturated carbocycles. The molecule has 4 rings (SSSR count). The van der Waals surface area contributed by atoms with Crippen molar-refractivity contribution in [3.05, 3.63) is 23.3 Å². The summed E-state index contributed by atoms with van der Waals surface area (Å²) in [5.41, 5.74) is 4.00. The van der Waals surface area contributed by atoms with Crippen molar-refractivity contribution < 1.29 is 4.79 Å². The molecule has 4 aliphatic carbocycles. The summed E-state index contributed by atoms with van der Waals surface area (Å²) in [7, 11) is 0. The molecule has 0 amide bonds. The van der Waals surface area contributed by atoms with E-state index >= 15 is 0 Å². The van der Waals surface area contributed by atoms with Gasteiger partial charge in [0.15, 0.2) is 0 Å². The minimum Gasteiger partial charge on any atom is -0.299 e. The maximum Gasteiger partial charge on any atom is 0.140 e. The van der Waals surface area contributed by atoms with Crippen molar-refractivity contribution >= 4 is 5.78 Å². The highest BCUT2D eigenvalue weighted by Crippen LogP contribution is 2.64. The van der Waals surface area contributed by atoms with Crippen molar-refractivity contribution in [3.63, 3.8) is 0 Å². The predicted molar refractivity (Wildman–Crippen MR) is 109 cm³/mol. The van der Waals surface area contributed by atoms with Crippen LogP contribution in [0.2, 0.25) is 0 Å². The van der Waals surface area contributed by atoms with Gasteiger partial charge in [-0.25, -0.2) is 0 Å². The molecule has 0 radical (unpaired) electrons. The molecule has 144 valence electrons. The topological polar surface area (TPSA) is 17.1 Å². The normalized spacial score (nSPS) is 47.5. The number of ketones is 1. The largest absolute Gasteiger partial charge is 0.299 e. The maximum atomic E-state index is 12.7. The van der Waals surface area contributed by atoms with Gasteiger partial charge < -0.3 is 0 Å². The Bertz CT molecular complexity index is 641. The SMILES string of the molecule is C/C=C1/CCC[C@H]2[C@@H]3CC=C4CC(=O)C(CC)CC[C@]4(C)[C@H]3CC[C@]12C. The molecule has 0 N–H and O–H groups in total. The van der Waals surface area contributed by atoms with Crippen molar-refractivity contribution in [1.29, 1.82) is 0 Å². The van der Waals surface area contributed by atoms with Gasteiger partial charge in [-0.2, -0.15) is 0 Å². The molecular weight excluding hydrogens is 316 g/mol. The second kappa shape index (κ2) is 6.64. The van der Waals surface area contributed by atoms with Crippen LogP contribution in [-0.4, -0.2) is 5.78 Å². The summed E-state index contributed by atoms with van der Waals surface area (Å²) in [6, 6.07) is 0. The standard InChI is InChI=1S/C25H38O/c1-5-17-12-14-25(4)19(16-23(17)26)10-11-20-21-9-7-8-18(6-2)24(21,3)15-13-22(20)25/h6,10,17,20-22H,5,7-9,11-16H2,1-4H3/b18-6-/t17?,20-,21-,22-,24+,25-/m0/s1. The van der Waals surface area contributed by atoms with E-state index in [2.05, 4.69) is 39.8 Å². The third-order valence-electron chi connectivity index (χ3n) is 9.38. The van der Waals surface area contributed by atoms with Crippen molar-refractivity contribution in [2.24, 2.45) is 34.5 Å². The Hall–Kier alpha value is -0.850. The highest BCUT2D eigenvalue weighted by Gasteiger charge is 2.55. The lowest BCUT2D eigenvalue weighted by Crippen LogP contribution is -2.50. The van der Waals surface area contributed by atoms with Crippen LogP contribution in [-0.2, 0) is 4.79 Å². The van der Waals surface area contributed by atoms with Crippen LogP contribution in [0.25, 0.3) is 0 Å². The van der Waals surface area contributed by atoms with Gasteiger partial charge in [0.25, 0.3) is 0 Å². The molecule has 0 heterocycles. The summed E-state index contributed by atoms with van der Waals surface area (Å²) < 4.78 is 0. The molecule has 1 heteroatoms. The predicted octanol–water partition coefficient (Wildman–Crippen LogP) is 6.88. The molecule has 26 heavy (non-hydrogen) atoms. The van der Waals surface area contributed by atoms with Gasteiger partial charge in [-0.15, -0.1) is 0 Å².